The average molecular weight is 487 g/mol. The summed E-state index contributed by atoms with van der Waals surface area (Å²) in [5, 5.41) is 20.1. The van der Waals surface area contributed by atoms with Crippen molar-refractivity contribution in [2.24, 2.45) is 0 Å². The van der Waals surface area contributed by atoms with Crippen molar-refractivity contribution >= 4 is 23.7 Å². The number of hydrogen-bond donors (Lipinski definition) is 2. The number of aryl methyl sites for hydroxylation is 1. The van der Waals surface area contributed by atoms with Gasteiger partial charge in [0.1, 0.15) is 10.9 Å². The van der Waals surface area contributed by atoms with Crippen LogP contribution in [0.2, 0.25) is 0 Å². The van der Waals surface area contributed by atoms with Gasteiger partial charge in [-0.15, -0.1) is 0 Å². The molecule has 1 heterocycles. The number of carboxylic acid groups (broad SMARTS) is 2. The lowest BCUT2D eigenvalue weighted by atomic mass is 9.99. The molecule has 0 atom stereocenters. The van der Waals surface area contributed by atoms with Crippen LogP contribution in [0, 0.1) is 0 Å². The molecule has 35 heavy (non-hydrogen) atoms. The summed E-state index contributed by atoms with van der Waals surface area (Å²) in [6, 6.07) is 24.1. The van der Waals surface area contributed by atoms with Crippen LogP contribution in [0.25, 0.3) is 11.1 Å². The van der Waals surface area contributed by atoms with Crippen molar-refractivity contribution in [1.82, 2.24) is 9.55 Å². The molecule has 1 aromatic heterocycles. The Labute approximate surface area is 208 Å². The molecular formula is C28H26N2O4S. The number of imidazole rings is 1. The van der Waals surface area contributed by atoms with E-state index in [0.717, 1.165) is 34.7 Å². The molecule has 4 aromatic rings. The molecule has 2 N–H and O–H groups in total. The number of unbranched alkanes of at least 4 members (excludes halogenated alkanes) is 1. The van der Waals surface area contributed by atoms with Crippen LogP contribution in [-0.2, 0) is 13.0 Å². The van der Waals surface area contributed by atoms with Crippen molar-refractivity contribution in [3.05, 3.63) is 102 Å². The van der Waals surface area contributed by atoms with Gasteiger partial charge in [0.15, 0.2) is 5.69 Å². The predicted molar refractivity (Wildman–Crippen MR) is 136 cm³/mol. The van der Waals surface area contributed by atoms with Crippen LogP contribution in [0.4, 0.5) is 0 Å². The molecule has 4 rings (SSSR count). The average Bonchev–Trinajstić information content (AvgIpc) is 3.20. The zero-order valence-corrected chi connectivity index (χ0v) is 20.2. The summed E-state index contributed by atoms with van der Waals surface area (Å²) in [5.74, 6) is -1.23. The van der Waals surface area contributed by atoms with Crippen LogP contribution in [0.15, 0.2) is 88.8 Å². The Morgan fingerprint density at radius 1 is 0.886 bits per heavy atom. The zero-order valence-electron chi connectivity index (χ0n) is 19.3. The number of aromatic carboxylic acids is 2. The van der Waals surface area contributed by atoms with E-state index in [9.17, 15) is 19.8 Å². The van der Waals surface area contributed by atoms with Gasteiger partial charge in [-0.2, -0.15) is 0 Å². The van der Waals surface area contributed by atoms with Crippen LogP contribution in [0.5, 0.6) is 0 Å². The number of hydrogen-bond acceptors (Lipinski definition) is 4. The Balaban J connectivity index is 1.68. The molecule has 0 fully saturated rings. The van der Waals surface area contributed by atoms with Crippen molar-refractivity contribution in [1.29, 1.82) is 0 Å². The highest BCUT2D eigenvalue weighted by Crippen LogP contribution is 2.32. The first-order valence-electron chi connectivity index (χ1n) is 11.4. The monoisotopic (exact) mass is 486 g/mol. The van der Waals surface area contributed by atoms with Gasteiger partial charge in [0.2, 0.25) is 0 Å². The molecule has 0 bridgehead atoms. The third-order valence-corrected chi connectivity index (χ3v) is 6.68. The van der Waals surface area contributed by atoms with E-state index >= 15 is 0 Å². The van der Waals surface area contributed by atoms with E-state index < -0.39 is 11.9 Å². The van der Waals surface area contributed by atoms with Crippen molar-refractivity contribution < 1.29 is 19.8 Å². The fourth-order valence-corrected chi connectivity index (χ4v) is 4.90. The van der Waals surface area contributed by atoms with Crippen molar-refractivity contribution in [2.45, 2.75) is 42.7 Å². The second-order valence-electron chi connectivity index (χ2n) is 8.14. The van der Waals surface area contributed by atoms with E-state index in [0.29, 0.717) is 23.6 Å². The Morgan fingerprint density at radius 3 is 2.23 bits per heavy atom. The molecular weight excluding hydrogens is 460 g/mol. The maximum absolute atomic E-state index is 12.3. The molecule has 0 spiro atoms. The maximum atomic E-state index is 12.3. The summed E-state index contributed by atoms with van der Waals surface area (Å²) < 4.78 is 1.80. The van der Waals surface area contributed by atoms with E-state index in [1.165, 1.54) is 11.8 Å². The summed E-state index contributed by atoms with van der Waals surface area (Å²) in [5.41, 5.74) is 2.78. The number of carbonyl (C=O) groups is 2. The topological polar surface area (TPSA) is 92.4 Å². The first-order valence-corrected chi connectivity index (χ1v) is 12.3. The lowest BCUT2D eigenvalue weighted by molar-refractivity contribution is 0.0675. The molecule has 0 aliphatic carbocycles. The highest BCUT2D eigenvalue weighted by molar-refractivity contribution is 7.99. The molecule has 0 unspecified atom stereocenters. The summed E-state index contributed by atoms with van der Waals surface area (Å²) in [4.78, 5) is 29.6. The van der Waals surface area contributed by atoms with Gasteiger partial charge in [0.05, 0.1) is 5.56 Å². The van der Waals surface area contributed by atoms with E-state index in [2.05, 4.69) is 6.92 Å². The number of rotatable bonds is 10. The Morgan fingerprint density at radius 2 is 1.57 bits per heavy atom. The second-order valence-corrected chi connectivity index (χ2v) is 9.20. The van der Waals surface area contributed by atoms with Crippen LogP contribution < -0.4 is 0 Å². The molecule has 0 saturated heterocycles. The van der Waals surface area contributed by atoms with Gasteiger partial charge in [0.25, 0.3) is 0 Å². The van der Waals surface area contributed by atoms with Gasteiger partial charge < -0.3 is 14.8 Å². The minimum atomic E-state index is -1.01. The van der Waals surface area contributed by atoms with Gasteiger partial charge in [-0.1, -0.05) is 85.8 Å². The smallest absolute Gasteiger partial charge is 0.355 e. The van der Waals surface area contributed by atoms with Gasteiger partial charge in [-0.05, 0) is 41.3 Å². The quantitative estimate of drug-likeness (QED) is 0.266. The van der Waals surface area contributed by atoms with E-state index in [1.807, 2.05) is 60.7 Å². The van der Waals surface area contributed by atoms with Crippen LogP contribution in [0.3, 0.4) is 0 Å². The fraction of sp³-hybridized carbons (Fsp3) is 0.179. The van der Waals surface area contributed by atoms with Gasteiger partial charge >= 0.3 is 11.9 Å². The molecule has 7 heteroatoms. The summed E-state index contributed by atoms with van der Waals surface area (Å²) in [7, 11) is 0. The largest absolute Gasteiger partial charge is 0.478 e. The molecule has 6 nitrogen and oxygen atoms in total. The minimum Gasteiger partial charge on any atom is -0.478 e. The third kappa shape index (κ3) is 5.63. The SMILES string of the molecule is CCCCc1nc(Sc2ccccc2)c(C(=O)O)n1Cc1ccc(-c2ccccc2C(=O)O)cc1. The Bertz CT molecular complexity index is 1330. The second kappa shape index (κ2) is 11.1. The lowest BCUT2D eigenvalue weighted by Crippen LogP contribution is -2.13. The first-order chi connectivity index (χ1) is 17.0. The summed E-state index contributed by atoms with van der Waals surface area (Å²) >= 11 is 1.36. The van der Waals surface area contributed by atoms with Gasteiger partial charge in [0, 0.05) is 17.9 Å². The molecule has 0 radical (unpaired) electrons. The molecule has 0 amide bonds. The first kappa shape index (κ1) is 24.3. The third-order valence-electron chi connectivity index (χ3n) is 5.69. The number of carboxylic acids is 2. The maximum Gasteiger partial charge on any atom is 0.355 e. The van der Waals surface area contributed by atoms with Crippen LogP contribution >= 0.6 is 11.8 Å². The van der Waals surface area contributed by atoms with Gasteiger partial charge in [-0.25, -0.2) is 14.6 Å². The highest BCUT2D eigenvalue weighted by Gasteiger charge is 2.23. The van der Waals surface area contributed by atoms with Crippen LogP contribution in [-0.4, -0.2) is 31.7 Å². The molecule has 0 saturated carbocycles. The number of aromatic nitrogens is 2. The number of nitrogens with zero attached hydrogens (tertiary/aromatic N) is 2. The normalized spacial score (nSPS) is 10.9. The predicted octanol–water partition coefficient (Wildman–Crippen LogP) is 6.49. The Kier molecular flexibility index (Phi) is 7.67. The van der Waals surface area contributed by atoms with Crippen molar-refractivity contribution in [3.63, 3.8) is 0 Å². The van der Waals surface area contributed by atoms with E-state index in [-0.39, 0.29) is 11.3 Å². The van der Waals surface area contributed by atoms with E-state index in [4.69, 9.17) is 4.98 Å². The van der Waals surface area contributed by atoms with Crippen LogP contribution in [0.1, 0.15) is 52.0 Å². The zero-order chi connectivity index (χ0) is 24.8. The molecule has 0 aliphatic rings. The van der Waals surface area contributed by atoms with E-state index in [1.54, 1.807) is 22.8 Å². The fourth-order valence-electron chi connectivity index (χ4n) is 3.94. The molecule has 178 valence electrons. The standard InChI is InChI=1S/C28H26N2O4S/c1-2-3-13-24-29-26(35-21-9-5-4-6-10-21)25(28(33)34)30(24)18-19-14-16-20(17-15-19)22-11-7-8-12-23(22)27(31)32/h4-12,14-17H,2-3,13,18H2,1H3,(H,31,32)(H,33,34). The Hall–Kier alpha value is -3.84. The summed E-state index contributed by atoms with van der Waals surface area (Å²) in [6.07, 6.45) is 2.58. The van der Waals surface area contributed by atoms with Crippen molar-refractivity contribution in [3.8, 4) is 11.1 Å². The molecule has 3 aromatic carbocycles. The van der Waals surface area contributed by atoms with Crippen molar-refractivity contribution in [2.75, 3.05) is 0 Å². The highest BCUT2D eigenvalue weighted by atomic mass is 32.2. The molecule has 0 aliphatic heterocycles. The number of benzene rings is 3. The lowest BCUT2D eigenvalue weighted by Gasteiger charge is -2.12. The summed E-state index contributed by atoms with van der Waals surface area (Å²) in [6.45, 7) is 2.46. The minimum absolute atomic E-state index is 0.185. The van der Waals surface area contributed by atoms with Gasteiger partial charge in [-0.3, -0.25) is 0 Å².